The number of primary amides is 1. The first-order valence-electron chi connectivity index (χ1n) is 4.01. The number of nitrogens with two attached hydrogens (primary N) is 1. The van der Waals surface area contributed by atoms with Crippen LogP contribution in [0.1, 0.15) is 10.4 Å². The van der Waals surface area contributed by atoms with Crippen LogP contribution in [-0.2, 0) is 9.53 Å². The van der Waals surface area contributed by atoms with Crippen molar-refractivity contribution in [3.05, 3.63) is 34.4 Å². The van der Waals surface area contributed by atoms with Gasteiger partial charge in [0.1, 0.15) is 0 Å². The molecule has 2 N–H and O–H groups in total. The maximum atomic E-state index is 12.8. The molecule has 0 saturated carbocycles. The summed E-state index contributed by atoms with van der Waals surface area (Å²) in [5.74, 6) is -4.35. The summed E-state index contributed by atoms with van der Waals surface area (Å²) in [7, 11) is 0. The van der Waals surface area contributed by atoms with Crippen LogP contribution in [-0.4, -0.2) is 18.5 Å². The van der Waals surface area contributed by atoms with E-state index in [1.165, 1.54) is 0 Å². The molecule has 0 radical (unpaired) electrons. The summed E-state index contributed by atoms with van der Waals surface area (Å²) >= 11 is 5.49. The highest BCUT2D eigenvalue weighted by Gasteiger charge is 2.16. The number of carbonyl (C=O) groups excluding carboxylic acids is 2. The van der Waals surface area contributed by atoms with E-state index in [0.29, 0.717) is 12.1 Å². The van der Waals surface area contributed by atoms with Crippen molar-refractivity contribution in [2.24, 2.45) is 5.73 Å². The maximum absolute atomic E-state index is 12.8. The average molecular weight is 250 g/mol. The Labute approximate surface area is 93.9 Å². The second-order valence-electron chi connectivity index (χ2n) is 2.79. The molecule has 86 valence electrons. The molecule has 0 bridgehead atoms. The Morgan fingerprint density at radius 3 is 2.44 bits per heavy atom. The van der Waals surface area contributed by atoms with E-state index in [9.17, 15) is 18.4 Å². The number of halogens is 3. The molecule has 0 aliphatic rings. The van der Waals surface area contributed by atoms with Crippen molar-refractivity contribution in [3.8, 4) is 0 Å². The molecule has 7 heteroatoms. The largest absolute Gasteiger partial charge is 0.452 e. The van der Waals surface area contributed by atoms with Gasteiger partial charge in [-0.3, -0.25) is 4.79 Å². The van der Waals surface area contributed by atoms with Crippen LogP contribution >= 0.6 is 11.6 Å². The van der Waals surface area contributed by atoms with Gasteiger partial charge in [-0.15, -0.1) is 0 Å². The third-order valence-electron chi connectivity index (χ3n) is 1.58. The molecular formula is C9H6ClF2NO3. The smallest absolute Gasteiger partial charge is 0.340 e. The molecule has 0 unspecified atom stereocenters. The minimum absolute atomic E-state index is 0.312. The Bertz CT molecular complexity index is 451. The average Bonchev–Trinajstić information content (AvgIpc) is 2.20. The maximum Gasteiger partial charge on any atom is 0.340 e. The van der Waals surface area contributed by atoms with Gasteiger partial charge >= 0.3 is 5.97 Å². The van der Waals surface area contributed by atoms with Crippen molar-refractivity contribution < 1.29 is 23.1 Å². The van der Waals surface area contributed by atoms with Crippen LogP contribution < -0.4 is 5.73 Å². The molecule has 4 nitrogen and oxygen atoms in total. The van der Waals surface area contributed by atoms with E-state index in [1.807, 2.05) is 0 Å². The lowest BCUT2D eigenvalue weighted by Gasteiger charge is -2.04. The Morgan fingerprint density at radius 2 is 1.88 bits per heavy atom. The van der Waals surface area contributed by atoms with Gasteiger partial charge in [0.05, 0.1) is 10.6 Å². The monoisotopic (exact) mass is 249 g/mol. The number of carbonyl (C=O) groups is 2. The van der Waals surface area contributed by atoms with Crippen LogP contribution in [0.3, 0.4) is 0 Å². The van der Waals surface area contributed by atoms with E-state index in [1.54, 1.807) is 0 Å². The molecule has 16 heavy (non-hydrogen) atoms. The predicted molar refractivity (Wildman–Crippen MR) is 50.8 cm³/mol. The SMILES string of the molecule is NC(=O)COC(=O)c1cc(F)c(F)cc1Cl. The summed E-state index contributed by atoms with van der Waals surface area (Å²) in [5.41, 5.74) is 4.35. The quantitative estimate of drug-likeness (QED) is 0.648. The van der Waals surface area contributed by atoms with Gasteiger partial charge in [-0.1, -0.05) is 11.6 Å². The normalized spacial score (nSPS) is 9.94. The third kappa shape index (κ3) is 2.90. The van der Waals surface area contributed by atoms with Crippen LogP contribution in [0.15, 0.2) is 12.1 Å². The number of ether oxygens (including phenoxy) is 1. The van der Waals surface area contributed by atoms with Gasteiger partial charge in [0.2, 0.25) is 0 Å². The van der Waals surface area contributed by atoms with Crippen molar-refractivity contribution in [2.45, 2.75) is 0 Å². The third-order valence-corrected chi connectivity index (χ3v) is 1.89. The Kier molecular flexibility index (Phi) is 3.78. The van der Waals surface area contributed by atoms with Crippen molar-refractivity contribution in [1.82, 2.24) is 0 Å². The number of hydrogen-bond donors (Lipinski definition) is 1. The summed E-state index contributed by atoms with van der Waals surface area (Å²) in [4.78, 5) is 21.5. The molecule has 1 rings (SSSR count). The standard InChI is InChI=1S/C9H6ClF2NO3/c10-5-2-7(12)6(11)1-4(5)9(15)16-3-8(13)14/h1-2H,3H2,(H2,13,14). The lowest BCUT2D eigenvalue weighted by atomic mass is 10.2. The molecular weight excluding hydrogens is 244 g/mol. The van der Waals surface area contributed by atoms with Crippen LogP contribution in [0.2, 0.25) is 5.02 Å². The molecule has 0 spiro atoms. The summed E-state index contributed by atoms with van der Waals surface area (Å²) in [6, 6.07) is 1.22. The van der Waals surface area contributed by atoms with E-state index in [2.05, 4.69) is 4.74 Å². The van der Waals surface area contributed by atoms with Crippen molar-refractivity contribution in [1.29, 1.82) is 0 Å². The molecule has 1 aromatic carbocycles. The van der Waals surface area contributed by atoms with Crippen molar-refractivity contribution >= 4 is 23.5 Å². The first-order chi connectivity index (χ1) is 7.41. The van der Waals surface area contributed by atoms with E-state index < -0.39 is 30.1 Å². The summed E-state index contributed by atoms with van der Waals surface area (Å²) in [6.45, 7) is -0.659. The van der Waals surface area contributed by atoms with Gasteiger partial charge in [-0.2, -0.15) is 0 Å². The molecule has 1 aromatic rings. The number of esters is 1. The van der Waals surface area contributed by atoms with E-state index in [-0.39, 0.29) is 10.6 Å². The zero-order valence-electron chi connectivity index (χ0n) is 7.80. The fourth-order valence-electron chi connectivity index (χ4n) is 0.893. The molecule has 0 heterocycles. The highest BCUT2D eigenvalue weighted by atomic mass is 35.5. The lowest BCUT2D eigenvalue weighted by molar-refractivity contribution is -0.121. The Hall–Kier alpha value is -1.69. The van der Waals surface area contributed by atoms with E-state index >= 15 is 0 Å². The van der Waals surface area contributed by atoms with Crippen LogP contribution in [0.4, 0.5) is 8.78 Å². The number of amides is 1. The van der Waals surface area contributed by atoms with Crippen molar-refractivity contribution in [3.63, 3.8) is 0 Å². The Morgan fingerprint density at radius 1 is 1.31 bits per heavy atom. The Balaban J connectivity index is 2.91. The molecule has 0 fully saturated rings. The van der Waals surface area contributed by atoms with Gasteiger partial charge in [0.25, 0.3) is 5.91 Å². The van der Waals surface area contributed by atoms with Gasteiger partial charge < -0.3 is 10.5 Å². The van der Waals surface area contributed by atoms with E-state index in [0.717, 1.165) is 0 Å². The van der Waals surface area contributed by atoms with Gasteiger partial charge in [0.15, 0.2) is 18.2 Å². The fourth-order valence-corrected chi connectivity index (χ4v) is 1.12. The minimum atomic E-state index is -1.24. The topological polar surface area (TPSA) is 69.4 Å². The van der Waals surface area contributed by atoms with Crippen LogP contribution in [0.25, 0.3) is 0 Å². The highest BCUT2D eigenvalue weighted by Crippen LogP contribution is 2.20. The second-order valence-corrected chi connectivity index (χ2v) is 3.20. The molecule has 0 saturated heterocycles. The predicted octanol–water partition coefficient (Wildman–Crippen LogP) is 1.26. The number of rotatable bonds is 3. The molecule has 0 aliphatic heterocycles. The van der Waals surface area contributed by atoms with Gasteiger partial charge in [-0.05, 0) is 12.1 Å². The zero-order valence-corrected chi connectivity index (χ0v) is 8.55. The molecule has 0 aromatic heterocycles. The number of benzene rings is 1. The summed E-state index contributed by atoms with van der Waals surface area (Å²) < 4.78 is 29.8. The van der Waals surface area contributed by atoms with Crippen molar-refractivity contribution in [2.75, 3.05) is 6.61 Å². The molecule has 0 atom stereocenters. The first kappa shape index (κ1) is 12.4. The first-order valence-corrected chi connectivity index (χ1v) is 4.39. The molecule has 0 aliphatic carbocycles. The van der Waals surface area contributed by atoms with Crippen LogP contribution in [0.5, 0.6) is 0 Å². The second kappa shape index (κ2) is 4.89. The summed E-state index contributed by atoms with van der Waals surface area (Å²) in [5, 5.41) is -0.312. The fraction of sp³-hybridized carbons (Fsp3) is 0.111. The zero-order chi connectivity index (χ0) is 12.3. The van der Waals surface area contributed by atoms with E-state index in [4.69, 9.17) is 17.3 Å². The lowest BCUT2D eigenvalue weighted by Crippen LogP contribution is -2.21. The number of hydrogen-bond acceptors (Lipinski definition) is 3. The van der Waals surface area contributed by atoms with Crippen LogP contribution in [0, 0.1) is 11.6 Å². The van der Waals surface area contributed by atoms with Gasteiger partial charge in [-0.25, -0.2) is 13.6 Å². The summed E-state index contributed by atoms with van der Waals surface area (Å²) in [6.07, 6.45) is 0. The highest BCUT2D eigenvalue weighted by molar-refractivity contribution is 6.33. The minimum Gasteiger partial charge on any atom is -0.452 e. The molecule has 1 amide bonds. The van der Waals surface area contributed by atoms with Gasteiger partial charge in [0, 0.05) is 0 Å².